The Morgan fingerprint density at radius 3 is 2.16 bits per heavy atom. The first-order valence-electron chi connectivity index (χ1n) is 6.22. The summed E-state index contributed by atoms with van der Waals surface area (Å²) < 4.78 is 25.5. The van der Waals surface area contributed by atoms with Crippen molar-refractivity contribution in [1.29, 1.82) is 0 Å². The summed E-state index contributed by atoms with van der Waals surface area (Å²) in [4.78, 5) is 3.29. The lowest BCUT2D eigenvalue weighted by Gasteiger charge is -2.32. The van der Waals surface area contributed by atoms with Crippen molar-refractivity contribution in [2.75, 3.05) is 0 Å². The van der Waals surface area contributed by atoms with Crippen LogP contribution >= 0.6 is 0 Å². The third-order valence-corrected chi connectivity index (χ3v) is 3.99. The van der Waals surface area contributed by atoms with Gasteiger partial charge in [-0.05, 0) is 46.1 Å². The van der Waals surface area contributed by atoms with Crippen molar-refractivity contribution < 1.29 is 13.7 Å². The zero-order valence-corrected chi connectivity index (χ0v) is 11.9. The fourth-order valence-corrected chi connectivity index (χ4v) is 2.05. The van der Waals surface area contributed by atoms with Crippen molar-refractivity contribution in [3.8, 4) is 0 Å². The minimum atomic E-state index is -0.704. The molecule has 0 spiro atoms. The second-order valence-electron chi connectivity index (χ2n) is 5.83. The van der Waals surface area contributed by atoms with E-state index in [4.69, 9.17) is 15.9 Å². The predicted octanol–water partition coefficient (Wildman–Crippen LogP) is 2.98. The molecule has 0 saturated carbocycles. The van der Waals surface area contributed by atoms with E-state index in [-0.39, 0.29) is 5.69 Å². The van der Waals surface area contributed by atoms with E-state index in [0.29, 0.717) is 5.46 Å². The first-order valence-corrected chi connectivity index (χ1v) is 6.22. The minimum absolute atomic E-state index is 0.0153. The van der Waals surface area contributed by atoms with Gasteiger partial charge in [0.25, 0.3) is 0 Å². The zero-order valence-electron chi connectivity index (χ0n) is 11.9. The second-order valence-corrected chi connectivity index (χ2v) is 5.83. The average Bonchev–Trinajstić information content (AvgIpc) is 2.50. The average molecular weight is 261 g/mol. The lowest BCUT2D eigenvalue weighted by atomic mass is 9.75. The van der Waals surface area contributed by atoms with E-state index in [1.54, 1.807) is 6.07 Å². The Kier molecular flexibility index (Phi) is 3.20. The molecule has 1 heterocycles. The number of hydrogen-bond acceptors (Lipinski definition) is 2. The van der Waals surface area contributed by atoms with Gasteiger partial charge in [0.05, 0.1) is 17.8 Å². The van der Waals surface area contributed by atoms with Gasteiger partial charge in [-0.15, -0.1) is 0 Å². The molecule has 5 heteroatoms. The van der Waals surface area contributed by atoms with Gasteiger partial charge in [0, 0.05) is 0 Å². The van der Waals surface area contributed by atoms with Crippen LogP contribution in [0.15, 0.2) is 12.1 Å². The van der Waals surface area contributed by atoms with Gasteiger partial charge < -0.3 is 9.31 Å². The Morgan fingerprint density at radius 1 is 1.16 bits per heavy atom. The van der Waals surface area contributed by atoms with E-state index in [1.165, 1.54) is 6.07 Å². The highest BCUT2D eigenvalue weighted by molar-refractivity contribution is 6.64. The topological polar surface area (TPSA) is 22.8 Å². The van der Waals surface area contributed by atoms with Crippen LogP contribution in [-0.2, 0) is 9.31 Å². The molecule has 0 aromatic heterocycles. The summed E-state index contributed by atoms with van der Waals surface area (Å²) in [6, 6.07) is 2.95. The van der Waals surface area contributed by atoms with Gasteiger partial charge >= 0.3 is 7.12 Å². The highest BCUT2D eigenvalue weighted by atomic mass is 19.1. The number of hydrogen-bond donors (Lipinski definition) is 0. The van der Waals surface area contributed by atoms with Crippen LogP contribution in [0.3, 0.4) is 0 Å². The first-order chi connectivity index (χ1) is 8.69. The highest BCUT2D eigenvalue weighted by Crippen LogP contribution is 2.37. The Labute approximate surface area is 113 Å². The number of halogens is 1. The summed E-state index contributed by atoms with van der Waals surface area (Å²) in [6.45, 7) is 16.7. The molecule has 0 bridgehead atoms. The summed E-state index contributed by atoms with van der Waals surface area (Å²) in [5.74, 6) is -0.537. The second kappa shape index (κ2) is 4.33. The molecule has 1 aliphatic heterocycles. The van der Waals surface area contributed by atoms with Crippen LogP contribution in [0.5, 0.6) is 0 Å². The maximum atomic E-state index is 13.7. The van der Waals surface area contributed by atoms with Crippen LogP contribution in [0.2, 0.25) is 0 Å². The molecule has 0 aliphatic carbocycles. The Hall–Kier alpha value is -1.38. The molecule has 0 amide bonds. The third-order valence-electron chi connectivity index (χ3n) is 3.99. The third kappa shape index (κ3) is 2.15. The summed E-state index contributed by atoms with van der Waals surface area (Å²) >= 11 is 0. The molecular formula is C14H17BFNO2. The molecule has 100 valence electrons. The van der Waals surface area contributed by atoms with Crippen molar-refractivity contribution in [1.82, 2.24) is 0 Å². The molecule has 0 atom stereocenters. The Balaban J connectivity index is 2.52. The van der Waals surface area contributed by atoms with Crippen molar-refractivity contribution in [3.63, 3.8) is 0 Å². The summed E-state index contributed by atoms with van der Waals surface area (Å²) in [7, 11) is -0.704. The molecule has 1 aliphatic rings. The van der Waals surface area contributed by atoms with Crippen molar-refractivity contribution in [2.24, 2.45) is 0 Å². The number of aryl methyl sites for hydroxylation is 1. The van der Waals surface area contributed by atoms with Crippen LogP contribution in [-0.4, -0.2) is 18.3 Å². The van der Waals surface area contributed by atoms with Gasteiger partial charge in [-0.1, -0.05) is 11.6 Å². The molecule has 2 rings (SSSR count). The Morgan fingerprint density at radius 2 is 1.68 bits per heavy atom. The molecular weight excluding hydrogens is 244 g/mol. The van der Waals surface area contributed by atoms with Crippen molar-refractivity contribution in [2.45, 2.75) is 45.8 Å². The number of benzene rings is 1. The monoisotopic (exact) mass is 261 g/mol. The molecule has 1 saturated heterocycles. The van der Waals surface area contributed by atoms with E-state index in [9.17, 15) is 4.39 Å². The van der Waals surface area contributed by atoms with Gasteiger partial charge in [-0.3, -0.25) is 0 Å². The number of rotatable bonds is 1. The lowest BCUT2D eigenvalue weighted by Crippen LogP contribution is -2.41. The summed E-state index contributed by atoms with van der Waals surface area (Å²) in [6.07, 6.45) is 0. The smallest absolute Gasteiger partial charge is 0.400 e. The van der Waals surface area contributed by atoms with Crippen LogP contribution in [0, 0.1) is 19.3 Å². The zero-order chi connectivity index (χ0) is 14.4. The lowest BCUT2D eigenvalue weighted by molar-refractivity contribution is 0.00578. The van der Waals surface area contributed by atoms with E-state index in [0.717, 1.165) is 5.56 Å². The standard InChI is InChI=1S/C14H17BFNO2/c1-9-7-8-10(16)12(17-6)11(9)15-18-13(2,3)14(4,5)19-15/h7-8H,1-5H3. The molecule has 1 fully saturated rings. The van der Waals surface area contributed by atoms with E-state index >= 15 is 0 Å². The maximum absolute atomic E-state index is 13.7. The quantitative estimate of drug-likeness (QED) is 0.573. The summed E-state index contributed by atoms with van der Waals surface area (Å²) in [5, 5.41) is 0. The molecule has 19 heavy (non-hydrogen) atoms. The van der Waals surface area contributed by atoms with Crippen molar-refractivity contribution >= 4 is 18.3 Å². The van der Waals surface area contributed by atoms with E-state index < -0.39 is 24.1 Å². The van der Waals surface area contributed by atoms with Crippen LogP contribution < -0.4 is 5.46 Å². The maximum Gasteiger partial charge on any atom is 0.483 e. The molecule has 3 nitrogen and oxygen atoms in total. The van der Waals surface area contributed by atoms with Crippen LogP contribution in [0.25, 0.3) is 4.85 Å². The molecule has 0 N–H and O–H groups in total. The van der Waals surface area contributed by atoms with Crippen LogP contribution in [0.1, 0.15) is 33.3 Å². The van der Waals surface area contributed by atoms with Gasteiger partial charge in [0.15, 0.2) is 0 Å². The van der Waals surface area contributed by atoms with E-state index in [2.05, 4.69) is 4.85 Å². The molecule has 0 radical (unpaired) electrons. The Bertz CT molecular complexity index is 547. The molecule has 1 aromatic rings. The van der Waals surface area contributed by atoms with Gasteiger partial charge in [-0.25, -0.2) is 9.24 Å². The first kappa shape index (κ1) is 14.0. The molecule has 0 unspecified atom stereocenters. The van der Waals surface area contributed by atoms with Gasteiger partial charge in [-0.2, -0.15) is 0 Å². The normalized spacial score (nSPS) is 20.4. The fourth-order valence-electron chi connectivity index (χ4n) is 2.05. The van der Waals surface area contributed by atoms with Crippen LogP contribution in [0.4, 0.5) is 10.1 Å². The fraction of sp³-hybridized carbons (Fsp3) is 0.500. The SMILES string of the molecule is [C-]#[N+]c1c(F)ccc(C)c1B1OC(C)(C)C(C)(C)O1. The van der Waals surface area contributed by atoms with Crippen molar-refractivity contribution in [3.05, 3.63) is 34.9 Å². The molecule has 1 aromatic carbocycles. The largest absolute Gasteiger partial charge is 0.483 e. The summed E-state index contributed by atoms with van der Waals surface area (Å²) in [5.41, 5.74) is 0.267. The van der Waals surface area contributed by atoms with E-state index in [1.807, 2.05) is 34.6 Å². The predicted molar refractivity (Wildman–Crippen MR) is 73.1 cm³/mol. The highest BCUT2D eigenvalue weighted by Gasteiger charge is 2.52. The van der Waals surface area contributed by atoms with Gasteiger partial charge in [0.2, 0.25) is 5.69 Å². The minimum Gasteiger partial charge on any atom is -0.400 e. The van der Waals surface area contributed by atoms with Gasteiger partial charge in [0.1, 0.15) is 5.82 Å². The number of nitrogens with zero attached hydrogens (tertiary/aromatic N) is 1.